The molecule has 0 saturated carbocycles. The quantitative estimate of drug-likeness (QED) is 0.0746. The van der Waals surface area contributed by atoms with Crippen LogP contribution in [0, 0.1) is 0 Å². The van der Waals surface area contributed by atoms with Crippen molar-refractivity contribution in [3.05, 3.63) is 96.1 Å². The summed E-state index contributed by atoms with van der Waals surface area (Å²) < 4.78 is 28.2. The number of rotatable bonds is 16. The summed E-state index contributed by atoms with van der Waals surface area (Å²) in [4.78, 5) is 43.7. The molecule has 14 heteroatoms. The molecule has 0 spiro atoms. The largest absolute Gasteiger partial charge is 0.370 e. The molecule has 0 bridgehead atoms. The molecule has 0 heterocycles. The first-order chi connectivity index (χ1) is 21.4. The molecule has 0 aliphatic heterocycles. The zero-order valence-electron chi connectivity index (χ0n) is 25.0. The number of amides is 3. The van der Waals surface area contributed by atoms with Crippen LogP contribution in [-0.2, 0) is 30.8 Å². The van der Waals surface area contributed by atoms with Gasteiger partial charge in [0, 0.05) is 7.05 Å². The van der Waals surface area contributed by atoms with E-state index in [0.29, 0.717) is 36.2 Å². The molecule has 0 saturated heterocycles. The van der Waals surface area contributed by atoms with Crippen molar-refractivity contribution in [2.75, 3.05) is 13.6 Å². The van der Waals surface area contributed by atoms with Crippen molar-refractivity contribution in [3.63, 3.8) is 0 Å². The van der Waals surface area contributed by atoms with E-state index in [-0.39, 0.29) is 23.7 Å². The number of carbonyl (C=O) groups is 3. The topological polar surface area (TPSA) is 229 Å². The summed E-state index contributed by atoms with van der Waals surface area (Å²) in [6, 6.07) is 19.3. The third-order valence-corrected chi connectivity index (χ3v) is 8.95. The summed E-state index contributed by atoms with van der Waals surface area (Å²) in [5.74, 6) is -2.27. The van der Waals surface area contributed by atoms with E-state index >= 15 is 0 Å². The van der Waals surface area contributed by atoms with Crippen molar-refractivity contribution in [2.45, 2.75) is 48.7 Å². The molecule has 3 rings (SSSR count). The van der Waals surface area contributed by atoms with Gasteiger partial charge in [0.15, 0.2) is 5.96 Å². The van der Waals surface area contributed by atoms with Gasteiger partial charge in [-0.15, -0.1) is 0 Å². The number of primary amides is 1. The second kappa shape index (κ2) is 16.3. The second-order valence-electron chi connectivity index (χ2n) is 10.4. The normalized spacial score (nSPS) is 13.3. The van der Waals surface area contributed by atoms with Crippen LogP contribution in [0.3, 0.4) is 0 Å². The summed E-state index contributed by atoms with van der Waals surface area (Å²) in [6.07, 6.45) is 1.20. The zero-order chi connectivity index (χ0) is 33.0. The minimum atomic E-state index is -4.13. The number of nitrogens with zero attached hydrogens (tertiary/aromatic N) is 2. The molecular formula is C31H40N8O5S. The van der Waals surface area contributed by atoms with Gasteiger partial charge in [0.05, 0.1) is 10.6 Å². The first kappa shape index (κ1) is 34.7. The third-order valence-electron chi connectivity index (χ3n) is 7.07. The van der Waals surface area contributed by atoms with E-state index in [9.17, 15) is 22.8 Å². The Morgan fingerprint density at radius 1 is 0.822 bits per heavy atom. The van der Waals surface area contributed by atoms with Crippen LogP contribution < -0.4 is 33.6 Å². The van der Waals surface area contributed by atoms with Crippen molar-refractivity contribution in [1.82, 2.24) is 14.9 Å². The molecule has 3 aromatic rings. The Balaban J connectivity index is 1.94. The van der Waals surface area contributed by atoms with Gasteiger partial charge in [0.2, 0.25) is 27.7 Å². The van der Waals surface area contributed by atoms with Crippen LogP contribution in [0.1, 0.15) is 36.4 Å². The predicted molar refractivity (Wildman–Crippen MR) is 172 cm³/mol. The smallest absolute Gasteiger partial charge is 0.244 e. The van der Waals surface area contributed by atoms with Crippen LogP contribution in [0.4, 0.5) is 5.69 Å². The fourth-order valence-electron chi connectivity index (χ4n) is 4.63. The van der Waals surface area contributed by atoms with E-state index in [1.165, 1.54) is 19.2 Å². The summed E-state index contributed by atoms with van der Waals surface area (Å²) in [7, 11) is -2.82. The molecule has 0 unspecified atom stereocenters. The van der Waals surface area contributed by atoms with E-state index in [0.717, 1.165) is 4.31 Å². The van der Waals surface area contributed by atoms with Gasteiger partial charge in [-0.25, -0.2) is 13.4 Å². The van der Waals surface area contributed by atoms with Gasteiger partial charge in [0.1, 0.15) is 18.1 Å². The van der Waals surface area contributed by atoms with Crippen molar-refractivity contribution in [1.29, 1.82) is 0 Å². The number of aliphatic imine (C=N–C) groups is 1. The highest BCUT2D eigenvalue weighted by molar-refractivity contribution is 7.89. The van der Waals surface area contributed by atoms with E-state index < -0.39 is 45.9 Å². The Bertz CT molecular complexity index is 1560. The molecule has 3 amide bonds. The fourth-order valence-corrected chi connectivity index (χ4v) is 5.97. The first-order valence-electron chi connectivity index (χ1n) is 14.3. The van der Waals surface area contributed by atoms with Crippen LogP contribution >= 0.6 is 0 Å². The number of nitrogens with two attached hydrogens (primary N) is 4. The molecule has 13 nitrogen and oxygen atoms in total. The van der Waals surface area contributed by atoms with Gasteiger partial charge in [-0.1, -0.05) is 60.7 Å². The number of hydrogen-bond acceptors (Lipinski definition) is 7. The highest BCUT2D eigenvalue weighted by Crippen LogP contribution is 2.21. The lowest BCUT2D eigenvalue weighted by Crippen LogP contribution is -2.55. The van der Waals surface area contributed by atoms with Crippen LogP contribution in [0.2, 0.25) is 0 Å². The minimum Gasteiger partial charge on any atom is -0.370 e. The van der Waals surface area contributed by atoms with E-state index in [4.69, 9.17) is 22.9 Å². The molecule has 0 fully saturated rings. The molecule has 240 valence electrons. The number of likely N-dealkylation sites (N-methyl/N-ethyl adjacent to an activating group) is 1. The van der Waals surface area contributed by atoms with E-state index in [1.54, 1.807) is 72.8 Å². The molecule has 10 N–H and O–H groups in total. The van der Waals surface area contributed by atoms with Crippen LogP contribution in [-0.4, -0.2) is 62.1 Å². The van der Waals surface area contributed by atoms with Gasteiger partial charge < -0.3 is 33.6 Å². The maximum Gasteiger partial charge on any atom is 0.244 e. The summed E-state index contributed by atoms with van der Waals surface area (Å²) in [5, 5.41) is 5.37. The van der Waals surface area contributed by atoms with Gasteiger partial charge in [-0.3, -0.25) is 14.4 Å². The predicted octanol–water partition coefficient (Wildman–Crippen LogP) is 0.780. The maximum absolute atomic E-state index is 13.9. The van der Waals surface area contributed by atoms with Crippen LogP contribution in [0.15, 0.2) is 94.8 Å². The zero-order valence-corrected chi connectivity index (χ0v) is 25.8. The van der Waals surface area contributed by atoms with Crippen molar-refractivity contribution >= 4 is 39.4 Å². The Morgan fingerprint density at radius 3 is 1.98 bits per heavy atom. The number of unbranched alkanes of at least 4 members (excludes halogenated alkanes) is 1. The highest BCUT2D eigenvalue weighted by atomic mass is 32.2. The Hall–Kier alpha value is -4.79. The number of carbonyl (C=O) groups excluding carboxylic acids is 3. The van der Waals surface area contributed by atoms with Crippen LogP contribution in [0.25, 0.3) is 0 Å². The average molecular weight is 637 g/mol. The molecule has 3 aromatic carbocycles. The minimum absolute atomic E-state index is 0.00203. The first-order valence-corrected chi connectivity index (χ1v) is 15.7. The monoisotopic (exact) mass is 636 g/mol. The van der Waals surface area contributed by atoms with Gasteiger partial charge >= 0.3 is 0 Å². The molecular weight excluding hydrogens is 596 g/mol. The third kappa shape index (κ3) is 9.86. The summed E-state index contributed by atoms with van der Waals surface area (Å²) in [5.41, 5.74) is 23.7. The second-order valence-corrected chi connectivity index (χ2v) is 12.4. The molecule has 3 atom stereocenters. The number of benzene rings is 3. The van der Waals surface area contributed by atoms with Gasteiger partial charge in [-0.2, -0.15) is 4.31 Å². The molecule has 0 aliphatic carbocycles. The Kier molecular flexibility index (Phi) is 12.6. The summed E-state index contributed by atoms with van der Waals surface area (Å²) >= 11 is 0. The lowest BCUT2D eigenvalue weighted by Gasteiger charge is -2.29. The maximum atomic E-state index is 13.9. The fraction of sp³-hybridized carbons (Fsp3) is 0.290. The molecule has 45 heavy (non-hydrogen) atoms. The number of sulfonamides is 1. The number of hydrogen-bond donors (Lipinski definition) is 6. The standard InChI is InChI=1S/C31H40N8O5S/c1-39(45(43,44)24-12-6-3-7-13-24)26(20-21-15-17-23(18-16-21)36-31(34)35)30(42)37-25(14-8-9-19-32)29(41)38-27(28(33)40)22-10-4-2-5-11-22/h2-7,10-13,15-18,25-27H,8-9,14,19-20,32H2,1H3,(H2,33,40)(H,37,42)(H,38,41)(H4,34,35,36)/t25-,26-,27+/m0/s1. The highest BCUT2D eigenvalue weighted by Gasteiger charge is 2.35. The van der Waals surface area contributed by atoms with Gasteiger partial charge in [0.25, 0.3) is 0 Å². The van der Waals surface area contributed by atoms with Crippen molar-refractivity contribution in [2.24, 2.45) is 27.9 Å². The molecule has 0 radical (unpaired) electrons. The Labute approximate surface area is 263 Å². The van der Waals surface area contributed by atoms with E-state index in [2.05, 4.69) is 15.6 Å². The lowest BCUT2D eigenvalue weighted by atomic mass is 10.0. The van der Waals surface area contributed by atoms with Crippen molar-refractivity contribution in [3.8, 4) is 0 Å². The van der Waals surface area contributed by atoms with Crippen LogP contribution in [0.5, 0.6) is 0 Å². The van der Waals surface area contributed by atoms with Gasteiger partial charge in [-0.05, 0) is 67.6 Å². The number of nitrogens with one attached hydrogen (secondary N) is 2. The SMILES string of the molecule is CN([C@@H](Cc1ccc(N=C(N)N)cc1)C(=O)N[C@@H](CCCCN)C(=O)N[C@@H](C(N)=O)c1ccccc1)S(=O)(=O)c1ccccc1. The number of guanidine groups is 1. The average Bonchev–Trinajstić information content (AvgIpc) is 3.02. The van der Waals surface area contributed by atoms with Crippen molar-refractivity contribution < 1.29 is 22.8 Å². The lowest BCUT2D eigenvalue weighted by molar-refractivity contribution is -0.132. The molecule has 0 aliphatic rings. The molecule has 0 aromatic heterocycles. The summed E-state index contributed by atoms with van der Waals surface area (Å²) in [6.45, 7) is 0.368. The van der Waals surface area contributed by atoms with E-state index in [1.807, 2.05) is 0 Å². The Morgan fingerprint density at radius 2 is 1.42 bits per heavy atom.